The number of hydrogen-bond acceptors (Lipinski definition) is 7. The first kappa shape index (κ1) is 28.0. The summed E-state index contributed by atoms with van der Waals surface area (Å²) in [5, 5.41) is 15.1. The maximum atomic E-state index is 10.9. The van der Waals surface area contributed by atoms with Gasteiger partial charge in [0, 0.05) is 45.3 Å². The maximum Gasteiger partial charge on any atom is 0.142 e. The lowest BCUT2D eigenvalue weighted by Gasteiger charge is -2.36. The molecule has 0 amide bonds. The molecule has 0 saturated carbocycles. The Kier molecular flexibility index (Phi) is 9.50. The molecule has 3 aromatic rings. The van der Waals surface area contributed by atoms with Crippen LogP contribution in [0.2, 0.25) is 10.0 Å². The first-order valence-electron chi connectivity index (χ1n) is 13.2. The highest BCUT2D eigenvalue weighted by atomic mass is 35.5. The maximum absolute atomic E-state index is 10.9. The number of benzene rings is 3. The Morgan fingerprint density at radius 1 is 1.00 bits per heavy atom. The average Bonchev–Trinajstić information content (AvgIpc) is 2.95. The van der Waals surface area contributed by atoms with Crippen molar-refractivity contribution in [2.75, 3.05) is 51.4 Å². The number of aliphatic hydroxyl groups is 1. The van der Waals surface area contributed by atoms with Crippen LogP contribution in [0.5, 0.6) is 17.2 Å². The predicted octanol–water partition coefficient (Wildman–Crippen LogP) is 5.65. The number of anilines is 1. The highest BCUT2D eigenvalue weighted by molar-refractivity contribution is 6.42. The van der Waals surface area contributed by atoms with Crippen molar-refractivity contribution >= 4 is 28.9 Å². The van der Waals surface area contributed by atoms with Crippen LogP contribution in [0.25, 0.3) is 0 Å². The quantitative estimate of drug-likeness (QED) is 0.304. The molecule has 2 heterocycles. The van der Waals surface area contributed by atoms with Gasteiger partial charge in [-0.1, -0.05) is 41.4 Å². The first-order valence-corrected chi connectivity index (χ1v) is 14.0. The summed E-state index contributed by atoms with van der Waals surface area (Å²) in [5.74, 6) is 2.01. The van der Waals surface area contributed by atoms with Crippen LogP contribution in [0.1, 0.15) is 23.5 Å². The van der Waals surface area contributed by atoms with E-state index in [0.29, 0.717) is 47.8 Å². The van der Waals surface area contributed by atoms with Gasteiger partial charge in [-0.15, -0.1) is 0 Å². The number of rotatable bonds is 10. The number of halogens is 2. The number of ether oxygens (including phenoxy) is 4. The predicted molar refractivity (Wildman–Crippen MR) is 154 cm³/mol. The normalized spacial score (nSPS) is 20.8. The molecular weight excluding hydrogens is 539 g/mol. The van der Waals surface area contributed by atoms with Crippen molar-refractivity contribution in [3.8, 4) is 17.2 Å². The minimum absolute atomic E-state index is 0.170. The molecule has 9 heteroatoms. The van der Waals surface area contributed by atoms with Crippen LogP contribution in [0.15, 0.2) is 60.7 Å². The summed E-state index contributed by atoms with van der Waals surface area (Å²) in [6.45, 7) is 4.79. The molecule has 2 N–H and O–H groups in total. The van der Waals surface area contributed by atoms with E-state index in [1.807, 2.05) is 36.4 Å². The second-order valence-electron chi connectivity index (χ2n) is 9.83. The highest BCUT2D eigenvalue weighted by Gasteiger charge is 2.34. The number of fused-ring (bicyclic) bond motifs is 1. The molecule has 0 bridgehead atoms. The summed E-state index contributed by atoms with van der Waals surface area (Å²) in [6, 6.07) is 19.1. The van der Waals surface area contributed by atoms with Gasteiger partial charge in [0.2, 0.25) is 0 Å². The zero-order valence-corrected chi connectivity index (χ0v) is 23.5. The SMILES string of the molecule is COCCCN1CCOc2ccc(COC3CNCC(O)C3c3ccc(Oc4ccc(Cl)c(Cl)c4)cc3)cc21. The second-order valence-corrected chi connectivity index (χ2v) is 10.6. The molecule has 7 nitrogen and oxygen atoms in total. The molecule has 0 radical (unpaired) electrons. The summed E-state index contributed by atoms with van der Waals surface area (Å²) in [4.78, 5) is 2.34. The zero-order valence-electron chi connectivity index (χ0n) is 21.9. The van der Waals surface area contributed by atoms with Gasteiger partial charge >= 0.3 is 0 Å². The monoisotopic (exact) mass is 572 g/mol. The molecule has 1 fully saturated rings. The van der Waals surface area contributed by atoms with E-state index in [4.69, 9.17) is 42.1 Å². The molecule has 0 spiro atoms. The number of nitrogens with one attached hydrogen (secondary N) is 1. The number of β-amino-alcohol motifs (C(OH)–C–C–N with tert-alkyl or cyclic N) is 1. The summed E-state index contributed by atoms with van der Waals surface area (Å²) < 4.78 is 23.5. The molecular formula is C30H34Cl2N2O5. The zero-order chi connectivity index (χ0) is 27.2. The standard InChI is InChI=1S/C30H34Cl2N2O5/c1-36-13-2-11-34-12-14-37-28-10-3-20(15-26(28)34)19-38-29-18-33-17-27(35)30(29)21-4-6-22(7-5-21)39-23-8-9-24(31)25(32)16-23/h3-10,15-16,27,29-30,33,35H,2,11-14,17-19H2,1H3. The summed E-state index contributed by atoms with van der Waals surface area (Å²) in [7, 11) is 1.73. The summed E-state index contributed by atoms with van der Waals surface area (Å²) in [5.41, 5.74) is 3.16. The Morgan fingerprint density at radius 3 is 2.62 bits per heavy atom. The van der Waals surface area contributed by atoms with Crippen LogP contribution < -0.4 is 19.7 Å². The number of nitrogens with zero attached hydrogens (tertiary/aromatic N) is 1. The Morgan fingerprint density at radius 2 is 1.82 bits per heavy atom. The lowest BCUT2D eigenvalue weighted by molar-refractivity contribution is -0.0328. The molecule has 1 saturated heterocycles. The van der Waals surface area contributed by atoms with E-state index in [-0.39, 0.29) is 12.0 Å². The van der Waals surface area contributed by atoms with Gasteiger partial charge in [0.25, 0.3) is 0 Å². The molecule has 2 aliphatic heterocycles. The van der Waals surface area contributed by atoms with Crippen molar-refractivity contribution in [2.24, 2.45) is 0 Å². The fraction of sp³-hybridized carbons (Fsp3) is 0.400. The fourth-order valence-electron chi connectivity index (χ4n) is 5.15. The van der Waals surface area contributed by atoms with E-state index in [2.05, 4.69) is 16.3 Å². The van der Waals surface area contributed by atoms with E-state index in [9.17, 15) is 5.11 Å². The van der Waals surface area contributed by atoms with Gasteiger partial charge in [0.15, 0.2) is 0 Å². The Bertz CT molecular complexity index is 1240. The van der Waals surface area contributed by atoms with E-state index in [1.54, 1.807) is 25.3 Å². The molecule has 0 aromatic heterocycles. The van der Waals surface area contributed by atoms with Crippen molar-refractivity contribution in [1.29, 1.82) is 0 Å². The molecule has 3 unspecified atom stereocenters. The number of piperidine rings is 1. The van der Waals surface area contributed by atoms with E-state index in [0.717, 1.165) is 48.7 Å². The van der Waals surface area contributed by atoms with Gasteiger partial charge in [-0.05, 0) is 53.9 Å². The fourth-order valence-corrected chi connectivity index (χ4v) is 5.44. The molecule has 5 rings (SSSR count). The average molecular weight is 574 g/mol. The van der Waals surface area contributed by atoms with Crippen LogP contribution in [0.4, 0.5) is 5.69 Å². The molecule has 208 valence electrons. The van der Waals surface area contributed by atoms with Crippen molar-refractivity contribution in [3.63, 3.8) is 0 Å². The summed E-state index contributed by atoms with van der Waals surface area (Å²) >= 11 is 12.1. The smallest absolute Gasteiger partial charge is 0.142 e. The molecule has 2 aliphatic rings. The number of methoxy groups -OCH3 is 1. The van der Waals surface area contributed by atoms with Crippen molar-refractivity contribution in [1.82, 2.24) is 5.32 Å². The van der Waals surface area contributed by atoms with Gasteiger partial charge in [-0.3, -0.25) is 0 Å². The third-order valence-electron chi connectivity index (χ3n) is 7.13. The van der Waals surface area contributed by atoms with E-state index in [1.165, 1.54) is 0 Å². The minimum atomic E-state index is -0.571. The van der Waals surface area contributed by atoms with Crippen molar-refractivity contribution in [3.05, 3.63) is 81.8 Å². The van der Waals surface area contributed by atoms with Crippen LogP contribution >= 0.6 is 23.2 Å². The van der Waals surface area contributed by atoms with Gasteiger partial charge < -0.3 is 34.3 Å². The molecule has 3 atom stereocenters. The third-order valence-corrected chi connectivity index (χ3v) is 7.87. The van der Waals surface area contributed by atoms with Crippen molar-refractivity contribution < 1.29 is 24.1 Å². The minimum Gasteiger partial charge on any atom is -0.490 e. The molecule has 3 aromatic carbocycles. The van der Waals surface area contributed by atoms with Gasteiger partial charge in [0.05, 0.1) is 41.1 Å². The third kappa shape index (κ3) is 6.98. The van der Waals surface area contributed by atoms with E-state index >= 15 is 0 Å². The topological polar surface area (TPSA) is 72.4 Å². The first-order chi connectivity index (χ1) is 19.0. The van der Waals surface area contributed by atoms with Crippen LogP contribution in [-0.2, 0) is 16.1 Å². The van der Waals surface area contributed by atoms with Crippen LogP contribution in [0.3, 0.4) is 0 Å². The Labute approximate surface area is 239 Å². The highest BCUT2D eigenvalue weighted by Crippen LogP contribution is 2.35. The largest absolute Gasteiger partial charge is 0.490 e. The van der Waals surface area contributed by atoms with E-state index < -0.39 is 6.10 Å². The van der Waals surface area contributed by atoms with Crippen LogP contribution in [-0.4, -0.2) is 63.8 Å². The van der Waals surface area contributed by atoms with Gasteiger partial charge in [0.1, 0.15) is 23.9 Å². The van der Waals surface area contributed by atoms with Crippen molar-refractivity contribution in [2.45, 2.75) is 31.2 Å². The lowest BCUT2D eigenvalue weighted by Crippen LogP contribution is -2.49. The number of hydrogen-bond donors (Lipinski definition) is 2. The Balaban J connectivity index is 1.25. The summed E-state index contributed by atoms with van der Waals surface area (Å²) in [6.07, 6.45) is 0.195. The molecule has 39 heavy (non-hydrogen) atoms. The Hall–Kier alpha value is -2.52. The van der Waals surface area contributed by atoms with Gasteiger partial charge in [-0.2, -0.15) is 0 Å². The number of aliphatic hydroxyl groups excluding tert-OH is 1. The lowest BCUT2D eigenvalue weighted by atomic mass is 9.85. The molecule has 0 aliphatic carbocycles. The van der Waals surface area contributed by atoms with Gasteiger partial charge in [-0.25, -0.2) is 0 Å². The van der Waals surface area contributed by atoms with Crippen LogP contribution in [0, 0.1) is 0 Å². The second kappa shape index (κ2) is 13.2.